The van der Waals surface area contributed by atoms with E-state index in [0.29, 0.717) is 25.0 Å². The van der Waals surface area contributed by atoms with E-state index in [4.69, 9.17) is 4.84 Å². The van der Waals surface area contributed by atoms with E-state index >= 15 is 0 Å². The van der Waals surface area contributed by atoms with E-state index in [2.05, 4.69) is 11.9 Å². The summed E-state index contributed by atoms with van der Waals surface area (Å²) in [6, 6.07) is 0. The van der Waals surface area contributed by atoms with Crippen LogP contribution in [0.4, 0.5) is 0 Å². The van der Waals surface area contributed by atoms with Crippen molar-refractivity contribution in [3.63, 3.8) is 0 Å². The number of nitrogens with one attached hydrogen (secondary N) is 1. The smallest absolute Gasteiger partial charge is 0.334 e. The minimum absolute atomic E-state index is 0.0306. The van der Waals surface area contributed by atoms with Crippen molar-refractivity contribution in [3.05, 3.63) is 12.3 Å². The highest BCUT2D eigenvalue weighted by Crippen LogP contribution is 2.20. The minimum Gasteiger partial charge on any atom is -0.356 e. The van der Waals surface area contributed by atoms with Gasteiger partial charge < -0.3 is 10.2 Å². The average Bonchev–Trinajstić information content (AvgIpc) is 2.60. The first-order chi connectivity index (χ1) is 8.04. The number of rotatable bonds is 5. The van der Waals surface area contributed by atoms with E-state index in [0.717, 1.165) is 5.06 Å². The Balaban J connectivity index is 2.27. The third-order valence-corrected chi connectivity index (χ3v) is 2.31. The summed E-state index contributed by atoms with van der Waals surface area (Å²) < 4.78 is 0. The first-order valence-electron chi connectivity index (χ1n) is 5.52. The molecule has 0 aromatic heterocycles. The molecule has 1 N–H and O–H groups in total. The second-order valence-electron chi connectivity index (χ2n) is 3.67. The molecule has 0 radical (unpaired) electrons. The molecule has 0 aliphatic carbocycles. The Morgan fingerprint density at radius 3 is 2.71 bits per heavy atom. The summed E-state index contributed by atoms with van der Waals surface area (Å²) >= 11 is 0. The molecule has 1 aliphatic heterocycles. The van der Waals surface area contributed by atoms with Crippen LogP contribution in [0.3, 0.4) is 0 Å². The summed E-state index contributed by atoms with van der Waals surface area (Å²) in [6.07, 6.45) is 1.23. The van der Waals surface area contributed by atoms with Crippen LogP contribution in [-0.4, -0.2) is 29.4 Å². The molecule has 1 heterocycles. The van der Waals surface area contributed by atoms with E-state index in [1.165, 1.54) is 0 Å². The summed E-state index contributed by atoms with van der Waals surface area (Å²) in [6.45, 7) is 5.55. The van der Waals surface area contributed by atoms with E-state index in [9.17, 15) is 14.4 Å². The van der Waals surface area contributed by atoms with Crippen molar-refractivity contribution in [3.8, 4) is 0 Å². The molecule has 0 aromatic carbocycles. The summed E-state index contributed by atoms with van der Waals surface area (Å²) in [5, 5.41) is 3.48. The average molecular weight is 245 g/mol. The van der Waals surface area contributed by atoms with E-state index in [1.54, 1.807) is 6.92 Å². The Labute approximate surface area is 99.6 Å². The third-order valence-electron chi connectivity index (χ3n) is 2.31. The van der Waals surface area contributed by atoms with E-state index in [1.807, 2.05) is 0 Å². The molecule has 1 fully saturated rings. The monoisotopic (exact) mass is 245 g/mol. The lowest BCUT2D eigenvalue weighted by molar-refractivity contribution is -0.186. The molecule has 0 atom stereocenters. The van der Waals surface area contributed by atoms with Crippen LogP contribution < -0.4 is 5.32 Å². The van der Waals surface area contributed by atoms with Gasteiger partial charge in [-0.15, -0.1) is 5.06 Å². The second kappa shape index (κ2) is 6.03. The second-order valence-corrected chi connectivity index (χ2v) is 3.67. The fourth-order valence-electron chi connectivity index (χ4n) is 1.32. The van der Waals surface area contributed by atoms with Gasteiger partial charge in [0.15, 0.2) is 0 Å². The Hall–Kier alpha value is -1.85. The van der Waals surface area contributed by atoms with Gasteiger partial charge in [-0.05, 0) is 6.42 Å². The van der Waals surface area contributed by atoms with Gasteiger partial charge in [0.2, 0.25) is 5.91 Å². The molecule has 1 rings (SSSR count). The number of amides is 2. The van der Waals surface area contributed by atoms with Crippen molar-refractivity contribution >= 4 is 17.8 Å². The molecule has 1 saturated heterocycles. The predicted molar refractivity (Wildman–Crippen MR) is 59.2 cm³/mol. The Bertz CT molecular complexity index is 335. The van der Waals surface area contributed by atoms with Gasteiger partial charge in [-0.3, -0.25) is 9.59 Å². The maximum atomic E-state index is 11.4. The maximum Gasteiger partial charge on any atom is 0.334 e. The van der Waals surface area contributed by atoms with Gasteiger partial charge in [-0.25, -0.2) is 4.79 Å². The minimum atomic E-state index is -0.558. The largest absolute Gasteiger partial charge is 0.356 e. The number of hydrogen-bond acceptors (Lipinski definition) is 4. The van der Waals surface area contributed by atoms with Crippen LogP contribution in [0.25, 0.3) is 0 Å². The van der Waals surface area contributed by atoms with Crippen molar-refractivity contribution in [1.29, 1.82) is 0 Å². The van der Waals surface area contributed by atoms with Crippen molar-refractivity contribution < 1.29 is 19.2 Å². The van der Waals surface area contributed by atoms with Gasteiger partial charge in [0.05, 0.1) is 12.1 Å². The van der Waals surface area contributed by atoms with Gasteiger partial charge in [0.1, 0.15) is 0 Å². The van der Waals surface area contributed by atoms with Gasteiger partial charge in [-0.1, -0.05) is 13.5 Å². The van der Waals surface area contributed by atoms with Crippen LogP contribution in [-0.2, 0) is 19.2 Å². The maximum absolute atomic E-state index is 11.4. The van der Waals surface area contributed by atoms with Crippen LogP contribution in [0.5, 0.6) is 0 Å². The molecule has 0 bridgehead atoms. The number of hydroxylamine groups is 2. The lowest BCUT2D eigenvalue weighted by atomic mass is 10.3. The number of nitrogens with zero attached hydrogens (tertiary/aromatic N) is 1. The molecule has 0 saturated carbocycles. The highest BCUT2D eigenvalue weighted by Gasteiger charge is 2.27. The quantitative estimate of drug-likeness (QED) is 0.565. The van der Waals surface area contributed by atoms with Crippen molar-refractivity contribution in [2.24, 2.45) is 0 Å². The SMILES string of the molecule is C=C1CCC(=O)N1O[13C](=O)CC[15NH][13C](=O)[13CH2][13CH3]. The Kier molecular flexibility index (Phi) is 4.68. The highest BCUT2D eigenvalue weighted by atomic mass is 16.8. The number of hydrogen-bond donors (Lipinski definition) is 1. The van der Waals surface area contributed by atoms with Gasteiger partial charge in [0, 0.05) is 19.4 Å². The Morgan fingerprint density at radius 2 is 2.18 bits per heavy atom. The topological polar surface area (TPSA) is 75.7 Å². The van der Waals surface area contributed by atoms with Crippen molar-refractivity contribution in [1.82, 2.24) is 10.4 Å². The predicted octanol–water partition coefficient (Wildman–Crippen LogP) is 0.497. The zero-order valence-corrected chi connectivity index (χ0v) is 9.82. The first-order valence-corrected chi connectivity index (χ1v) is 5.52. The zero-order valence-electron chi connectivity index (χ0n) is 9.82. The molecule has 6 heteroatoms. The van der Waals surface area contributed by atoms with Crippen LogP contribution in [0.1, 0.15) is 32.6 Å². The standard InChI is InChI=1S/C11H16N2O4/c1-3-9(14)12-7-6-11(16)17-13-8(2)4-5-10(13)15/h2-7H2,1H3,(H,12,14)/i1+1,3+1,9+1,11+1,12+1. The van der Waals surface area contributed by atoms with E-state index in [-0.39, 0.29) is 24.8 Å². The summed E-state index contributed by atoms with van der Waals surface area (Å²) in [7, 11) is 0. The van der Waals surface area contributed by atoms with Gasteiger partial charge >= 0.3 is 5.97 Å². The van der Waals surface area contributed by atoms with Crippen molar-refractivity contribution in [2.45, 2.75) is 32.6 Å². The van der Waals surface area contributed by atoms with Crippen LogP contribution >= 0.6 is 0 Å². The highest BCUT2D eigenvalue weighted by molar-refractivity contribution is 5.82. The normalized spacial score (nSPS) is 15.0. The molecule has 17 heavy (non-hydrogen) atoms. The molecule has 94 valence electrons. The van der Waals surface area contributed by atoms with Crippen LogP contribution in [0, 0.1) is 0 Å². The molecular weight excluding hydrogens is 229 g/mol. The summed E-state index contributed by atoms with van der Waals surface area (Å²) in [5.74, 6) is -0.946. The molecule has 1 aliphatic rings. The summed E-state index contributed by atoms with van der Waals surface area (Å²) in [5.41, 5.74) is 0.487. The number of allylic oxidation sites excluding steroid dienone is 1. The third kappa shape index (κ3) is 3.90. The van der Waals surface area contributed by atoms with Crippen LogP contribution in [0.15, 0.2) is 12.3 Å². The number of carbonyl (C=O) groups is 3. The van der Waals surface area contributed by atoms with Crippen molar-refractivity contribution in [2.75, 3.05) is 6.54 Å². The van der Waals surface area contributed by atoms with E-state index < -0.39 is 5.97 Å². The fraction of sp³-hybridized carbons (Fsp3) is 0.545. The molecule has 0 spiro atoms. The number of carbonyl (C=O) groups excluding carboxylic acids is 3. The van der Waals surface area contributed by atoms with Gasteiger partial charge in [0.25, 0.3) is 5.91 Å². The molecule has 0 aromatic rings. The Morgan fingerprint density at radius 1 is 1.47 bits per heavy atom. The lowest BCUT2D eigenvalue weighted by Crippen LogP contribution is -2.30. The molecule has 0 unspecified atom stereocenters. The fourth-order valence-corrected chi connectivity index (χ4v) is 1.32. The lowest BCUT2D eigenvalue weighted by Gasteiger charge is -2.15. The summed E-state index contributed by atoms with van der Waals surface area (Å²) in [4.78, 5) is 38.4. The first kappa shape index (κ1) is 13.2. The molecule has 2 amide bonds. The molecule has 6 nitrogen and oxygen atoms in total. The van der Waals surface area contributed by atoms with Gasteiger partial charge in [-0.2, -0.15) is 0 Å². The zero-order chi connectivity index (χ0) is 12.8. The molecular formula is C11H16N2O4. The van der Waals surface area contributed by atoms with Crippen LogP contribution in [0.2, 0.25) is 0 Å².